The Morgan fingerprint density at radius 3 is 2.53 bits per heavy atom. The number of hydrogen-bond donors (Lipinski definition) is 0. The molecule has 4 atom stereocenters. The van der Waals surface area contributed by atoms with Crippen LogP contribution in [-0.2, 0) is 9.53 Å². The predicted octanol–water partition coefficient (Wildman–Crippen LogP) is 3.40. The summed E-state index contributed by atoms with van der Waals surface area (Å²) in [6.45, 7) is 4.00. The Morgan fingerprint density at radius 1 is 1.13 bits per heavy atom. The van der Waals surface area contributed by atoms with E-state index in [1.807, 2.05) is 13.8 Å². The monoisotopic (exact) mass is 212 g/mol. The molecule has 0 radical (unpaired) electrons. The number of fused-ring (bicyclic) bond motifs is 5. The fourth-order valence-corrected chi connectivity index (χ4v) is 3.44. The molecule has 4 unspecified atom stereocenters. The molecule has 1 saturated heterocycles. The number of rotatable bonds is 0. The van der Waals surface area contributed by atoms with E-state index in [9.17, 15) is 4.79 Å². The Balaban J connectivity index is 0.000000356. The first-order valence-electron chi connectivity index (χ1n) is 6.04. The van der Waals surface area contributed by atoms with Gasteiger partial charge in [0.05, 0.1) is 0 Å². The van der Waals surface area contributed by atoms with Crippen LogP contribution in [0.3, 0.4) is 0 Å². The molecule has 0 spiro atoms. The van der Waals surface area contributed by atoms with E-state index in [0.717, 1.165) is 24.2 Å². The van der Waals surface area contributed by atoms with Gasteiger partial charge in [0.15, 0.2) is 0 Å². The summed E-state index contributed by atoms with van der Waals surface area (Å²) in [5.41, 5.74) is 0. The van der Waals surface area contributed by atoms with Crippen LogP contribution < -0.4 is 0 Å². The highest BCUT2D eigenvalue weighted by Gasteiger charge is 2.51. The van der Waals surface area contributed by atoms with Crippen molar-refractivity contribution in [3.8, 4) is 0 Å². The number of carbonyl (C=O) groups excluding carboxylic acids is 1. The standard InChI is InChI=1S/C10H14O2.C2H6.CH4/c11-9-4-3-8-6-1-2-7(5-6)10(8)12-9;1-2;/h6-8,10H,1-5H2;1-2H3;1H4. The van der Waals surface area contributed by atoms with Gasteiger partial charge in [0, 0.05) is 6.42 Å². The van der Waals surface area contributed by atoms with Crippen LogP contribution in [-0.4, -0.2) is 12.1 Å². The topological polar surface area (TPSA) is 26.3 Å². The van der Waals surface area contributed by atoms with Crippen LogP contribution in [0.4, 0.5) is 0 Å². The van der Waals surface area contributed by atoms with Gasteiger partial charge in [-0.25, -0.2) is 0 Å². The molecular formula is C13H24O2. The predicted molar refractivity (Wildman–Crippen MR) is 61.5 cm³/mol. The highest BCUT2D eigenvalue weighted by Crippen LogP contribution is 2.52. The zero-order valence-electron chi connectivity index (χ0n) is 9.16. The van der Waals surface area contributed by atoms with Gasteiger partial charge in [0.1, 0.15) is 6.10 Å². The van der Waals surface area contributed by atoms with Gasteiger partial charge in [0.25, 0.3) is 0 Å². The minimum atomic E-state index is 0. The van der Waals surface area contributed by atoms with Crippen LogP contribution in [0.1, 0.15) is 53.4 Å². The second kappa shape index (κ2) is 5.00. The third kappa shape index (κ3) is 2.04. The minimum absolute atomic E-state index is 0. The van der Waals surface area contributed by atoms with Crippen molar-refractivity contribution < 1.29 is 9.53 Å². The molecule has 2 saturated carbocycles. The molecule has 0 amide bonds. The first-order valence-corrected chi connectivity index (χ1v) is 6.04. The van der Waals surface area contributed by atoms with Crippen molar-refractivity contribution in [1.82, 2.24) is 0 Å². The van der Waals surface area contributed by atoms with Crippen LogP contribution in [0.2, 0.25) is 0 Å². The molecule has 2 bridgehead atoms. The summed E-state index contributed by atoms with van der Waals surface area (Å²) in [4.78, 5) is 11.1. The van der Waals surface area contributed by atoms with Crippen molar-refractivity contribution in [1.29, 1.82) is 0 Å². The van der Waals surface area contributed by atoms with E-state index in [1.54, 1.807) is 0 Å². The van der Waals surface area contributed by atoms with Gasteiger partial charge in [-0.3, -0.25) is 4.79 Å². The first kappa shape index (κ1) is 12.5. The van der Waals surface area contributed by atoms with Crippen molar-refractivity contribution in [2.45, 2.75) is 59.5 Å². The maximum absolute atomic E-state index is 11.1. The molecule has 2 nitrogen and oxygen atoms in total. The summed E-state index contributed by atoms with van der Waals surface area (Å²) < 4.78 is 5.41. The lowest BCUT2D eigenvalue weighted by Crippen LogP contribution is -2.36. The molecule has 1 heterocycles. The fourth-order valence-electron chi connectivity index (χ4n) is 3.44. The Labute approximate surface area is 93.4 Å². The van der Waals surface area contributed by atoms with Crippen LogP contribution in [0.5, 0.6) is 0 Å². The molecule has 2 heteroatoms. The van der Waals surface area contributed by atoms with E-state index in [2.05, 4.69) is 0 Å². The van der Waals surface area contributed by atoms with Crippen LogP contribution in [0.15, 0.2) is 0 Å². The summed E-state index contributed by atoms with van der Waals surface area (Å²) in [5, 5.41) is 0. The quantitative estimate of drug-likeness (QED) is 0.575. The Morgan fingerprint density at radius 2 is 1.80 bits per heavy atom. The Kier molecular flexibility index (Phi) is 4.18. The molecule has 0 aromatic heterocycles. The van der Waals surface area contributed by atoms with Gasteiger partial charge < -0.3 is 4.74 Å². The average molecular weight is 212 g/mol. The van der Waals surface area contributed by atoms with Gasteiger partial charge in [0.2, 0.25) is 0 Å². The number of ether oxygens (including phenoxy) is 1. The van der Waals surface area contributed by atoms with Gasteiger partial charge in [-0.1, -0.05) is 21.3 Å². The van der Waals surface area contributed by atoms with E-state index in [1.165, 1.54) is 19.3 Å². The SMILES string of the molecule is C.CC.O=C1CCC2C3CCC(C3)C2O1. The van der Waals surface area contributed by atoms with Crippen molar-refractivity contribution >= 4 is 5.97 Å². The summed E-state index contributed by atoms with van der Waals surface area (Å²) in [7, 11) is 0. The van der Waals surface area contributed by atoms with E-state index in [4.69, 9.17) is 4.74 Å². The maximum Gasteiger partial charge on any atom is 0.306 e. The lowest BCUT2D eigenvalue weighted by Gasteiger charge is -2.34. The third-order valence-corrected chi connectivity index (χ3v) is 3.96. The third-order valence-electron chi connectivity index (χ3n) is 3.96. The van der Waals surface area contributed by atoms with Crippen molar-refractivity contribution in [2.24, 2.45) is 17.8 Å². The largest absolute Gasteiger partial charge is 0.462 e. The van der Waals surface area contributed by atoms with Gasteiger partial charge in [-0.2, -0.15) is 0 Å². The number of esters is 1. The summed E-state index contributed by atoms with van der Waals surface area (Å²) >= 11 is 0. The molecule has 15 heavy (non-hydrogen) atoms. The maximum atomic E-state index is 11.1. The van der Waals surface area contributed by atoms with E-state index < -0.39 is 0 Å². The lowest BCUT2D eigenvalue weighted by atomic mass is 9.82. The van der Waals surface area contributed by atoms with Crippen molar-refractivity contribution in [3.63, 3.8) is 0 Å². The van der Waals surface area contributed by atoms with Gasteiger partial charge in [-0.05, 0) is 43.4 Å². The van der Waals surface area contributed by atoms with Crippen LogP contribution in [0.25, 0.3) is 0 Å². The second-order valence-corrected chi connectivity index (χ2v) is 4.49. The molecule has 0 aromatic carbocycles. The minimum Gasteiger partial charge on any atom is -0.462 e. The van der Waals surface area contributed by atoms with Gasteiger partial charge in [-0.15, -0.1) is 0 Å². The van der Waals surface area contributed by atoms with E-state index in [0.29, 0.717) is 12.5 Å². The molecule has 1 aliphatic heterocycles. The van der Waals surface area contributed by atoms with Gasteiger partial charge >= 0.3 is 5.97 Å². The summed E-state index contributed by atoms with van der Waals surface area (Å²) in [5.74, 6) is 2.41. The second-order valence-electron chi connectivity index (χ2n) is 4.49. The molecule has 0 N–H and O–H groups in total. The molecule has 0 aromatic rings. The number of carbonyl (C=O) groups is 1. The lowest BCUT2D eigenvalue weighted by molar-refractivity contribution is -0.161. The van der Waals surface area contributed by atoms with E-state index in [-0.39, 0.29) is 13.4 Å². The fraction of sp³-hybridized carbons (Fsp3) is 0.923. The van der Waals surface area contributed by atoms with Crippen molar-refractivity contribution in [2.75, 3.05) is 0 Å². The van der Waals surface area contributed by atoms with Crippen molar-refractivity contribution in [3.05, 3.63) is 0 Å². The highest BCUT2D eigenvalue weighted by atomic mass is 16.5. The van der Waals surface area contributed by atoms with Crippen LogP contribution >= 0.6 is 0 Å². The van der Waals surface area contributed by atoms with E-state index >= 15 is 0 Å². The van der Waals surface area contributed by atoms with Crippen LogP contribution in [0, 0.1) is 17.8 Å². The molecule has 88 valence electrons. The average Bonchev–Trinajstić information content (AvgIpc) is 2.81. The molecule has 3 fully saturated rings. The molecule has 3 aliphatic rings. The number of hydrogen-bond acceptors (Lipinski definition) is 2. The first-order chi connectivity index (χ1) is 6.84. The Hall–Kier alpha value is -0.530. The zero-order valence-corrected chi connectivity index (χ0v) is 9.16. The normalized spacial score (nSPS) is 40.8. The Bertz CT molecular complexity index is 225. The highest BCUT2D eigenvalue weighted by molar-refractivity contribution is 5.70. The molecule has 3 rings (SSSR count). The zero-order chi connectivity index (χ0) is 10.1. The molecular weight excluding hydrogens is 188 g/mol. The summed E-state index contributed by atoms with van der Waals surface area (Å²) in [6.07, 6.45) is 6.13. The smallest absolute Gasteiger partial charge is 0.306 e. The summed E-state index contributed by atoms with van der Waals surface area (Å²) in [6, 6.07) is 0. The molecule has 2 aliphatic carbocycles.